The zero-order valence-electron chi connectivity index (χ0n) is 5.50. The van der Waals surface area contributed by atoms with Gasteiger partial charge >= 0.3 is 72.7 Å². The van der Waals surface area contributed by atoms with Crippen LogP contribution in [-0.4, -0.2) is 43.0 Å². The molecule has 0 aliphatic heterocycles. The molecule has 0 radical (unpaired) electrons. The van der Waals surface area contributed by atoms with Crippen molar-refractivity contribution in [2.24, 2.45) is 0 Å². The van der Waals surface area contributed by atoms with Gasteiger partial charge in [-0.3, -0.25) is 0 Å². The molecular formula is C5H9NO2SSe. The molecule has 0 bridgehead atoms. The second-order valence-electron chi connectivity index (χ2n) is 1.77. The van der Waals surface area contributed by atoms with E-state index in [1.807, 2.05) is 0 Å². The molecule has 0 aromatic rings. The maximum absolute atomic E-state index is 10.4. The molecular weight excluding hydrogens is 217 g/mol. The van der Waals surface area contributed by atoms with E-state index >= 15 is 0 Å². The first-order valence-corrected chi connectivity index (χ1v) is 4.17. The van der Waals surface area contributed by atoms with E-state index < -0.39 is 0 Å². The van der Waals surface area contributed by atoms with E-state index in [0.29, 0.717) is 5.75 Å². The monoisotopic (exact) mass is 227 g/mol. The van der Waals surface area contributed by atoms with Crippen molar-refractivity contribution >= 4 is 38.7 Å². The van der Waals surface area contributed by atoms with Crippen LogP contribution in [0.25, 0.3) is 0 Å². The van der Waals surface area contributed by atoms with E-state index in [4.69, 9.17) is 5.11 Å². The van der Waals surface area contributed by atoms with Gasteiger partial charge in [-0.05, 0) is 0 Å². The Bertz CT molecular complexity index is 151. The van der Waals surface area contributed by atoms with Gasteiger partial charge in [0.05, 0.1) is 0 Å². The fraction of sp³-hybridized carbons (Fsp3) is 0.600. The molecule has 1 amide bonds. The van der Waals surface area contributed by atoms with E-state index in [9.17, 15) is 4.79 Å². The molecule has 5 heteroatoms. The van der Waals surface area contributed by atoms with E-state index in [0.717, 1.165) is 0 Å². The molecule has 2 N–H and O–H groups in total. The molecule has 0 aliphatic carbocycles. The van der Waals surface area contributed by atoms with Gasteiger partial charge in [-0.2, -0.15) is 0 Å². The number of amides is 1. The van der Waals surface area contributed by atoms with Crippen molar-refractivity contribution in [1.82, 2.24) is 5.32 Å². The van der Waals surface area contributed by atoms with Gasteiger partial charge in [0.25, 0.3) is 0 Å². The van der Waals surface area contributed by atoms with Gasteiger partial charge in [-0.1, -0.05) is 0 Å². The minimum atomic E-state index is -0.374. The van der Waals surface area contributed by atoms with Crippen LogP contribution in [0.4, 0.5) is 0 Å². The van der Waals surface area contributed by atoms with Gasteiger partial charge in [0, 0.05) is 0 Å². The van der Waals surface area contributed by atoms with Crippen LogP contribution in [0.15, 0.2) is 0 Å². The topological polar surface area (TPSA) is 49.3 Å². The predicted molar refractivity (Wildman–Crippen MR) is 44.2 cm³/mol. The SMILES string of the molecule is CC(=O)NC(CS)C(O)=[Se]. The molecule has 1 atom stereocenters. The fourth-order valence-electron chi connectivity index (χ4n) is 0.431. The number of hydrogen-bond acceptors (Lipinski definition) is 3. The van der Waals surface area contributed by atoms with Crippen LogP contribution in [-0.2, 0) is 4.79 Å². The Kier molecular flexibility index (Phi) is 4.77. The average Bonchev–Trinajstić information content (AvgIpc) is 1.81. The molecule has 0 aliphatic rings. The van der Waals surface area contributed by atoms with Crippen LogP contribution in [0.3, 0.4) is 0 Å². The molecule has 0 saturated heterocycles. The normalized spacial score (nSPS) is 12.2. The standard InChI is InChI=1S/C5H9NO2SSe/c1-3(7)6-4(2-9)5(8)10/h4,9H,2H2,1H3,(H,6,7)(H,8,10). The number of thiol groups is 1. The number of rotatable bonds is 3. The Morgan fingerprint density at radius 1 is 1.90 bits per heavy atom. The molecule has 0 aromatic carbocycles. The molecule has 0 saturated carbocycles. The van der Waals surface area contributed by atoms with Crippen molar-refractivity contribution in [2.75, 3.05) is 5.75 Å². The number of aliphatic hydroxyl groups excluding tert-OH is 1. The van der Waals surface area contributed by atoms with Crippen molar-refractivity contribution in [1.29, 1.82) is 0 Å². The Morgan fingerprint density at radius 3 is 2.50 bits per heavy atom. The van der Waals surface area contributed by atoms with Crippen molar-refractivity contribution in [3.05, 3.63) is 0 Å². The van der Waals surface area contributed by atoms with E-state index in [2.05, 4.69) is 33.5 Å². The predicted octanol–water partition coefficient (Wildman–Crippen LogP) is -0.908. The van der Waals surface area contributed by atoms with E-state index in [1.165, 1.54) is 6.92 Å². The van der Waals surface area contributed by atoms with Crippen LogP contribution >= 0.6 is 12.6 Å². The summed E-state index contributed by atoms with van der Waals surface area (Å²) in [6.45, 7) is 1.39. The third-order valence-corrected chi connectivity index (χ3v) is 1.82. The van der Waals surface area contributed by atoms with Gasteiger partial charge in [-0.15, -0.1) is 0 Å². The molecule has 0 heterocycles. The van der Waals surface area contributed by atoms with E-state index in [-0.39, 0.29) is 16.6 Å². The molecule has 3 nitrogen and oxygen atoms in total. The van der Waals surface area contributed by atoms with Gasteiger partial charge in [0.15, 0.2) is 0 Å². The second-order valence-corrected chi connectivity index (χ2v) is 3.02. The summed E-state index contributed by atoms with van der Waals surface area (Å²) in [5.74, 6) is 0.208. The first kappa shape index (κ1) is 10.0. The van der Waals surface area contributed by atoms with E-state index in [1.54, 1.807) is 0 Å². The van der Waals surface area contributed by atoms with Crippen molar-refractivity contribution in [3.8, 4) is 0 Å². The zero-order chi connectivity index (χ0) is 8.15. The Balaban J connectivity index is 3.83. The summed E-state index contributed by atoms with van der Waals surface area (Å²) in [7, 11) is 0. The van der Waals surface area contributed by atoms with Crippen molar-refractivity contribution < 1.29 is 9.90 Å². The Hall–Kier alpha value is 0.00948. The van der Waals surface area contributed by atoms with Crippen LogP contribution < -0.4 is 5.32 Å². The number of hydrogen-bond donors (Lipinski definition) is 3. The van der Waals surface area contributed by atoms with Crippen molar-refractivity contribution in [2.45, 2.75) is 13.0 Å². The third kappa shape index (κ3) is 3.93. The second kappa shape index (κ2) is 4.77. The summed E-state index contributed by atoms with van der Waals surface area (Å²) < 4.78 is 0.0604. The minimum absolute atomic E-state index is 0.0604. The van der Waals surface area contributed by atoms with Crippen LogP contribution in [0, 0.1) is 0 Å². The van der Waals surface area contributed by atoms with Gasteiger partial charge in [0.1, 0.15) is 0 Å². The van der Waals surface area contributed by atoms with Gasteiger partial charge in [-0.25, -0.2) is 0 Å². The number of aliphatic hydroxyl groups is 1. The zero-order valence-corrected chi connectivity index (χ0v) is 8.10. The first-order valence-electron chi connectivity index (χ1n) is 2.68. The summed E-state index contributed by atoms with van der Waals surface area (Å²) in [4.78, 5) is 10.4. The maximum atomic E-state index is 10.4. The summed E-state index contributed by atoms with van der Waals surface area (Å²) in [6.07, 6.45) is 0. The van der Waals surface area contributed by atoms with Crippen molar-refractivity contribution in [3.63, 3.8) is 0 Å². The van der Waals surface area contributed by atoms with Gasteiger partial charge in [0.2, 0.25) is 0 Å². The summed E-state index contributed by atoms with van der Waals surface area (Å²) in [6, 6.07) is -0.374. The quantitative estimate of drug-likeness (QED) is 0.431. The molecule has 0 spiro atoms. The third-order valence-electron chi connectivity index (χ3n) is 0.858. The molecule has 10 heavy (non-hydrogen) atoms. The first-order chi connectivity index (χ1) is 4.57. The molecule has 58 valence electrons. The Morgan fingerprint density at radius 2 is 2.40 bits per heavy atom. The summed E-state index contributed by atoms with van der Waals surface area (Å²) in [5, 5.41) is 11.4. The van der Waals surface area contributed by atoms with Gasteiger partial charge < -0.3 is 0 Å². The molecule has 1 unspecified atom stereocenters. The average molecular weight is 226 g/mol. The summed E-state index contributed by atoms with van der Waals surface area (Å²) >= 11 is 6.32. The van der Waals surface area contributed by atoms with Crippen LogP contribution in [0.5, 0.6) is 0 Å². The number of nitrogens with one attached hydrogen (secondary N) is 1. The molecule has 0 fully saturated rings. The molecule has 0 aromatic heterocycles. The fourth-order valence-corrected chi connectivity index (χ4v) is 1.27. The number of carbonyl (C=O) groups is 1. The summed E-state index contributed by atoms with van der Waals surface area (Å²) in [5.41, 5.74) is 0. The Labute approximate surface area is 73.0 Å². The van der Waals surface area contributed by atoms with Crippen LogP contribution in [0.1, 0.15) is 6.92 Å². The molecule has 0 rings (SSSR count). The van der Waals surface area contributed by atoms with Crippen LogP contribution in [0.2, 0.25) is 0 Å². The number of carbonyl (C=O) groups excluding carboxylic acids is 1.